The van der Waals surface area contributed by atoms with Gasteiger partial charge in [0, 0.05) is 29.6 Å². The Bertz CT molecular complexity index is 860. The Labute approximate surface area is 174 Å². The summed E-state index contributed by atoms with van der Waals surface area (Å²) in [7, 11) is 3.17. The van der Waals surface area contributed by atoms with Gasteiger partial charge in [-0.05, 0) is 31.0 Å². The Morgan fingerprint density at radius 1 is 1.17 bits per heavy atom. The second-order valence-corrected chi connectivity index (χ2v) is 7.95. The maximum Gasteiger partial charge on any atom is 0.236 e. The zero-order valence-corrected chi connectivity index (χ0v) is 17.3. The number of nitrogens with zero attached hydrogens (tertiary/aromatic N) is 3. The van der Waals surface area contributed by atoms with E-state index in [1.54, 1.807) is 14.2 Å². The van der Waals surface area contributed by atoms with Crippen molar-refractivity contribution in [1.82, 2.24) is 9.97 Å². The number of anilines is 2. The van der Waals surface area contributed by atoms with Crippen LogP contribution in [-0.4, -0.2) is 56.4 Å². The molecule has 0 spiro atoms. The van der Waals surface area contributed by atoms with Gasteiger partial charge in [-0.3, -0.25) is 4.79 Å². The normalized spacial score (nSPS) is 16.4. The third kappa shape index (κ3) is 4.73. The molecule has 0 unspecified atom stereocenters. The molecule has 2 aromatic rings. The molecule has 1 saturated heterocycles. The summed E-state index contributed by atoms with van der Waals surface area (Å²) in [6, 6.07) is 7.69. The van der Waals surface area contributed by atoms with Crippen molar-refractivity contribution in [3.05, 3.63) is 24.3 Å². The average Bonchev–Trinajstić information content (AvgIpc) is 3.60. The topological polar surface area (TPSA) is 85.8 Å². The predicted octanol–water partition coefficient (Wildman–Crippen LogP) is 2.83. The molecule has 1 aromatic heterocycles. The summed E-state index contributed by atoms with van der Waals surface area (Å²) >= 11 is 1.44. The number of morpholine rings is 1. The van der Waals surface area contributed by atoms with Crippen LogP contribution in [0.15, 0.2) is 34.1 Å². The lowest BCUT2D eigenvalue weighted by molar-refractivity contribution is -0.117. The highest BCUT2D eigenvalue weighted by Gasteiger charge is 2.29. The molecule has 1 N–H and O–H groups in total. The Kier molecular flexibility index (Phi) is 6.05. The molecule has 1 amide bonds. The van der Waals surface area contributed by atoms with Gasteiger partial charge < -0.3 is 24.4 Å². The molecular formula is C20H24N4O4S. The first kappa shape index (κ1) is 19.8. The van der Waals surface area contributed by atoms with E-state index in [1.165, 1.54) is 11.8 Å². The Balaban J connectivity index is 1.58. The minimum Gasteiger partial charge on any atom is -0.480 e. The quantitative estimate of drug-likeness (QED) is 0.738. The maximum atomic E-state index is 12.0. The van der Waals surface area contributed by atoms with Crippen LogP contribution in [0, 0.1) is 5.92 Å². The largest absolute Gasteiger partial charge is 0.480 e. The van der Waals surface area contributed by atoms with Crippen LogP contribution in [0.4, 0.5) is 11.6 Å². The number of rotatable bonds is 7. The average molecular weight is 417 g/mol. The van der Waals surface area contributed by atoms with Crippen LogP contribution in [0.2, 0.25) is 0 Å². The van der Waals surface area contributed by atoms with Crippen LogP contribution in [0.3, 0.4) is 0 Å². The standard InChI is InChI=1S/C20H24N4O4S/c1-26-18-16(19(27-2)23-20(22-18)24-8-10-28-11-9-24)29-15-5-3-4-14(12-15)21-17(25)13-6-7-13/h3-5,12-13H,6-11H2,1-2H3,(H,21,25). The van der Waals surface area contributed by atoms with Gasteiger partial charge in [-0.25, -0.2) is 0 Å². The molecule has 1 aromatic carbocycles. The molecule has 0 radical (unpaired) electrons. The molecule has 9 heteroatoms. The summed E-state index contributed by atoms with van der Waals surface area (Å²) in [4.78, 5) is 24.9. The minimum absolute atomic E-state index is 0.0838. The molecule has 0 bridgehead atoms. The van der Waals surface area contributed by atoms with Crippen molar-refractivity contribution in [1.29, 1.82) is 0 Å². The molecule has 1 aliphatic carbocycles. The molecule has 1 saturated carbocycles. The maximum absolute atomic E-state index is 12.0. The highest BCUT2D eigenvalue weighted by Crippen LogP contribution is 2.41. The number of carbonyl (C=O) groups excluding carboxylic acids is 1. The van der Waals surface area contributed by atoms with Crippen LogP contribution in [0.5, 0.6) is 11.8 Å². The van der Waals surface area contributed by atoms with Crippen molar-refractivity contribution < 1.29 is 19.0 Å². The molecule has 0 atom stereocenters. The molecule has 2 heterocycles. The fourth-order valence-electron chi connectivity index (χ4n) is 3.01. The lowest BCUT2D eigenvalue weighted by Gasteiger charge is -2.27. The SMILES string of the molecule is COc1nc(N2CCOCC2)nc(OC)c1Sc1cccc(NC(=O)C2CC2)c1. The number of nitrogens with one attached hydrogen (secondary N) is 1. The Hall–Kier alpha value is -2.52. The summed E-state index contributed by atoms with van der Waals surface area (Å²) in [5.41, 5.74) is 0.774. The summed E-state index contributed by atoms with van der Waals surface area (Å²) in [6.45, 7) is 2.73. The monoisotopic (exact) mass is 416 g/mol. The van der Waals surface area contributed by atoms with Crippen LogP contribution in [0.1, 0.15) is 12.8 Å². The number of hydrogen-bond donors (Lipinski definition) is 1. The summed E-state index contributed by atoms with van der Waals surface area (Å²) in [5.74, 6) is 1.72. The number of ether oxygens (including phenoxy) is 3. The second kappa shape index (κ2) is 8.87. The van der Waals surface area contributed by atoms with E-state index in [4.69, 9.17) is 14.2 Å². The fraction of sp³-hybridized carbons (Fsp3) is 0.450. The first-order valence-corrected chi connectivity index (χ1v) is 10.4. The highest BCUT2D eigenvalue weighted by molar-refractivity contribution is 7.99. The van der Waals surface area contributed by atoms with Gasteiger partial charge in [0.25, 0.3) is 0 Å². The van der Waals surface area contributed by atoms with Gasteiger partial charge >= 0.3 is 0 Å². The summed E-state index contributed by atoms with van der Waals surface area (Å²) in [5, 5.41) is 2.97. The van der Waals surface area contributed by atoms with Gasteiger partial charge in [0.2, 0.25) is 23.6 Å². The van der Waals surface area contributed by atoms with Crippen molar-refractivity contribution in [2.45, 2.75) is 22.6 Å². The number of aromatic nitrogens is 2. The van der Waals surface area contributed by atoms with E-state index in [2.05, 4.69) is 20.2 Å². The smallest absolute Gasteiger partial charge is 0.236 e. The van der Waals surface area contributed by atoms with E-state index >= 15 is 0 Å². The summed E-state index contributed by atoms with van der Waals surface area (Å²) < 4.78 is 16.5. The van der Waals surface area contributed by atoms with Crippen LogP contribution < -0.4 is 19.7 Å². The number of amides is 1. The lowest BCUT2D eigenvalue weighted by atomic mass is 10.3. The zero-order valence-electron chi connectivity index (χ0n) is 16.5. The van der Waals surface area contributed by atoms with Crippen molar-refractivity contribution >= 4 is 29.3 Å². The molecule has 2 aliphatic rings. The number of benzene rings is 1. The van der Waals surface area contributed by atoms with Crippen molar-refractivity contribution in [3.63, 3.8) is 0 Å². The molecule has 29 heavy (non-hydrogen) atoms. The van der Waals surface area contributed by atoms with E-state index in [0.717, 1.165) is 36.5 Å². The van der Waals surface area contributed by atoms with E-state index in [0.29, 0.717) is 35.8 Å². The van der Waals surface area contributed by atoms with Crippen molar-refractivity contribution in [2.75, 3.05) is 50.7 Å². The fourth-order valence-corrected chi connectivity index (χ4v) is 4.01. The van der Waals surface area contributed by atoms with Crippen LogP contribution >= 0.6 is 11.8 Å². The number of methoxy groups -OCH3 is 2. The number of hydrogen-bond acceptors (Lipinski definition) is 8. The molecular weight excluding hydrogens is 392 g/mol. The number of carbonyl (C=O) groups is 1. The molecule has 2 fully saturated rings. The first-order valence-electron chi connectivity index (χ1n) is 9.59. The minimum atomic E-state index is 0.0838. The molecule has 154 valence electrons. The highest BCUT2D eigenvalue weighted by atomic mass is 32.2. The molecule has 8 nitrogen and oxygen atoms in total. The van der Waals surface area contributed by atoms with Crippen LogP contribution in [0.25, 0.3) is 0 Å². The van der Waals surface area contributed by atoms with E-state index in [1.807, 2.05) is 24.3 Å². The summed E-state index contributed by atoms with van der Waals surface area (Å²) in [6.07, 6.45) is 1.95. The van der Waals surface area contributed by atoms with Gasteiger partial charge in [-0.1, -0.05) is 17.8 Å². The van der Waals surface area contributed by atoms with E-state index < -0.39 is 0 Å². The zero-order chi connectivity index (χ0) is 20.2. The van der Waals surface area contributed by atoms with Crippen LogP contribution in [-0.2, 0) is 9.53 Å². The van der Waals surface area contributed by atoms with Gasteiger partial charge in [0.1, 0.15) is 4.90 Å². The van der Waals surface area contributed by atoms with Crippen molar-refractivity contribution in [3.8, 4) is 11.8 Å². The van der Waals surface area contributed by atoms with Gasteiger partial charge in [-0.15, -0.1) is 0 Å². The third-order valence-electron chi connectivity index (χ3n) is 4.74. The van der Waals surface area contributed by atoms with E-state index in [9.17, 15) is 4.79 Å². The van der Waals surface area contributed by atoms with Gasteiger partial charge in [-0.2, -0.15) is 9.97 Å². The second-order valence-electron chi connectivity index (χ2n) is 6.86. The molecule has 1 aliphatic heterocycles. The third-order valence-corrected chi connectivity index (χ3v) is 5.78. The lowest BCUT2D eigenvalue weighted by Crippen LogP contribution is -2.37. The van der Waals surface area contributed by atoms with Gasteiger partial charge in [0.15, 0.2) is 0 Å². The van der Waals surface area contributed by atoms with Crippen molar-refractivity contribution in [2.24, 2.45) is 5.92 Å². The molecule has 4 rings (SSSR count). The Morgan fingerprint density at radius 3 is 2.48 bits per heavy atom. The van der Waals surface area contributed by atoms with E-state index in [-0.39, 0.29) is 11.8 Å². The Morgan fingerprint density at radius 2 is 1.86 bits per heavy atom. The first-order chi connectivity index (χ1) is 14.2. The van der Waals surface area contributed by atoms with Gasteiger partial charge in [0.05, 0.1) is 27.4 Å². The predicted molar refractivity (Wildman–Crippen MR) is 110 cm³/mol.